The number of hydrogen-bond donors (Lipinski definition) is 0. The van der Waals surface area contributed by atoms with Crippen molar-refractivity contribution >= 4 is 0 Å². The number of hydrogen-bond acceptors (Lipinski definition) is 2. The number of allylic oxidation sites excluding steroid dienone is 2. The standard InChI is InChI=1S/C14H23N3/c1-2-16(11-12-17-10-6-9-15-17)13-14-7-4-3-5-8-14/h3-4,6,9-10,14H,2,5,7-8,11-13H2,1H3. The maximum absolute atomic E-state index is 4.25. The molecule has 1 aromatic heterocycles. The molecule has 0 aromatic carbocycles. The first kappa shape index (κ1) is 12.4. The molecule has 0 amide bonds. The van der Waals surface area contributed by atoms with Crippen LogP contribution in [0.25, 0.3) is 0 Å². The Morgan fingerprint density at radius 3 is 3.00 bits per heavy atom. The van der Waals surface area contributed by atoms with Crippen LogP contribution in [0.1, 0.15) is 26.2 Å². The van der Waals surface area contributed by atoms with Crippen LogP contribution < -0.4 is 0 Å². The smallest absolute Gasteiger partial charge is 0.0536 e. The second-order valence-corrected chi connectivity index (χ2v) is 4.81. The average Bonchev–Trinajstić information content (AvgIpc) is 2.89. The number of aromatic nitrogens is 2. The third-order valence-electron chi connectivity index (χ3n) is 3.55. The molecular weight excluding hydrogens is 210 g/mol. The molecule has 0 bridgehead atoms. The molecule has 1 atom stereocenters. The molecule has 3 nitrogen and oxygen atoms in total. The highest BCUT2D eigenvalue weighted by atomic mass is 15.3. The lowest BCUT2D eigenvalue weighted by atomic mass is 9.94. The summed E-state index contributed by atoms with van der Waals surface area (Å²) in [5.74, 6) is 0.859. The van der Waals surface area contributed by atoms with Gasteiger partial charge in [0.1, 0.15) is 0 Å². The molecule has 94 valence electrons. The molecule has 2 rings (SSSR count). The van der Waals surface area contributed by atoms with Crippen molar-refractivity contribution in [1.29, 1.82) is 0 Å². The van der Waals surface area contributed by atoms with E-state index in [2.05, 4.69) is 29.1 Å². The quantitative estimate of drug-likeness (QED) is 0.704. The van der Waals surface area contributed by atoms with Gasteiger partial charge in [-0.05, 0) is 37.8 Å². The molecule has 0 saturated heterocycles. The van der Waals surface area contributed by atoms with Gasteiger partial charge in [-0.25, -0.2) is 0 Å². The second-order valence-electron chi connectivity index (χ2n) is 4.81. The molecule has 0 fully saturated rings. The van der Waals surface area contributed by atoms with E-state index in [0.717, 1.165) is 25.6 Å². The first-order valence-corrected chi connectivity index (χ1v) is 6.73. The zero-order chi connectivity index (χ0) is 11.9. The van der Waals surface area contributed by atoms with E-state index in [4.69, 9.17) is 0 Å². The van der Waals surface area contributed by atoms with Crippen LogP contribution in [-0.4, -0.2) is 34.3 Å². The van der Waals surface area contributed by atoms with Crippen molar-refractivity contribution in [3.8, 4) is 0 Å². The summed E-state index contributed by atoms with van der Waals surface area (Å²) in [4.78, 5) is 2.55. The molecule has 0 N–H and O–H groups in total. The summed E-state index contributed by atoms with van der Waals surface area (Å²) in [5, 5.41) is 4.25. The maximum atomic E-state index is 4.25. The molecule has 0 aliphatic heterocycles. The van der Waals surface area contributed by atoms with E-state index < -0.39 is 0 Å². The predicted octanol–water partition coefficient (Wildman–Crippen LogP) is 2.56. The van der Waals surface area contributed by atoms with Gasteiger partial charge < -0.3 is 4.90 Å². The second kappa shape index (κ2) is 6.60. The SMILES string of the molecule is CCN(CCn1cccn1)CC1CC=CCC1. The molecule has 0 saturated carbocycles. The Morgan fingerprint density at radius 1 is 1.41 bits per heavy atom. The van der Waals surface area contributed by atoms with E-state index in [1.54, 1.807) is 0 Å². The minimum absolute atomic E-state index is 0.859. The third kappa shape index (κ3) is 4.00. The maximum Gasteiger partial charge on any atom is 0.0536 e. The molecule has 0 radical (unpaired) electrons. The Labute approximate surface area is 104 Å². The summed E-state index contributed by atoms with van der Waals surface area (Å²) in [6.07, 6.45) is 12.4. The summed E-state index contributed by atoms with van der Waals surface area (Å²) in [5.41, 5.74) is 0. The summed E-state index contributed by atoms with van der Waals surface area (Å²) in [6, 6.07) is 1.99. The Kier molecular flexibility index (Phi) is 4.80. The van der Waals surface area contributed by atoms with E-state index in [9.17, 15) is 0 Å². The highest BCUT2D eigenvalue weighted by Crippen LogP contribution is 2.19. The van der Waals surface area contributed by atoms with Crippen molar-refractivity contribution in [2.75, 3.05) is 19.6 Å². The van der Waals surface area contributed by atoms with Gasteiger partial charge >= 0.3 is 0 Å². The lowest BCUT2D eigenvalue weighted by molar-refractivity contribution is 0.222. The molecular formula is C14H23N3. The minimum atomic E-state index is 0.859. The molecule has 1 aliphatic carbocycles. The fourth-order valence-electron chi connectivity index (χ4n) is 2.44. The summed E-state index contributed by atoms with van der Waals surface area (Å²) < 4.78 is 2.02. The van der Waals surface area contributed by atoms with Gasteiger partial charge in [0.15, 0.2) is 0 Å². The first-order valence-electron chi connectivity index (χ1n) is 6.73. The zero-order valence-corrected chi connectivity index (χ0v) is 10.8. The normalized spacial score (nSPS) is 20.0. The Balaban J connectivity index is 1.74. The van der Waals surface area contributed by atoms with Gasteiger partial charge in [-0.1, -0.05) is 19.1 Å². The lowest BCUT2D eigenvalue weighted by Crippen LogP contribution is -2.32. The molecule has 1 aromatic rings. The van der Waals surface area contributed by atoms with Crippen LogP contribution in [0.2, 0.25) is 0 Å². The molecule has 1 heterocycles. The van der Waals surface area contributed by atoms with Crippen molar-refractivity contribution < 1.29 is 0 Å². The van der Waals surface area contributed by atoms with Crippen molar-refractivity contribution in [2.45, 2.75) is 32.7 Å². The highest BCUT2D eigenvalue weighted by molar-refractivity contribution is 4.90. The Bertz CT molecular complexity index is 329. The first-order chi connectivity index (χ1) is 8.38. The van der Waals surface area contributed by atoms with Crippen LogP contribution in [0, 0.1) is 5.92 Å². The van der Waals surface area contributed by atoms with E-state index >= 15 is 0 Å². The van der Waals surface area contributed by atoms with Crippen LogP contribution in [-0.2, 0) is 6.54 Å². The fraction of sp³-hybridized carbons (Fsp3) is 0.643. The van der Waals surface area contributed by atoms with Gasteiger partial charge in [0.2, 0.25) is 0 Å². The highest BCUT2D eigenvalue weighted by Gasteiger charge is 2.13. The van der Waals surface area contributed by atoms with Crippen LogP contribution in [0.5, 0.6) is 0 Å². The summed E-state index contributed by atoms with van der Waals surface area (Å²) >= 11 is 0. The zero-order valence-electron chi connectivity index (χ0n) is 10.8. The Morgan fingerprint density at radius 2 is 2.35 bits per heavy atom. The van der Waals surface area contributed by atoms with E-state index in [-0.39, 0.29) is 0 Å². The molecule has 1 aliphatic rings. The van der Waals surface area contributed by atoms with Crippen molar-refractivity contribution in [3.63, 3.8) is 0 Å². The monoisotopic (exact) mass is 233 g/mol. The van der Waals surface area contributed by atoms with E-state index in [0.29, 0.717) is 0 Å². The topological polar surface area (TPSA) is 21.1 Å². The lowest BCUT2D eigenvalue weighted by Gasteiger charge is -2.27. The van der Waals surface area contributed by atoms with Crippen LogP contribution in [0.15, 0.2) is 30.6 Å². The van der Waals surface area contributed by atoms with Gasteiger partial charge in [0.05, 0.1) is 6.54 Å². The van der Waals surface area contributed by atoms with Crippen LogP contribution >= 0.6 is 0 Å². The predicted molar refractivity (Wildman–Crippen MR) is 70.8 cm³/mol. The van der Waals surface area contributed by atoms with Gasteiger partial charge in [0.25, 0.3) is 0 Å². The van der Waals surface area contributed by atoms with E-state index in [1.165, 1.54) is 25.8 Å². The van der Waals surface area contributed by atoms with Crippen molar-refractivity contribution in [2.24, 2.45) is 5.92 Å². The van der Waals surface area contributed by atoms with Gasteiger partial charge in [-0.3, -0.25) is 4.68 Å². The van der Waals surface area contributed by atoms with Crippen LogP contribution in [0.3, 0.4) is 0 Å². The van der Waals surface area contributed by atoms with Gasteiger partial charge in [-0.2, -0.15) is 5.10 Å². The van der Waals surface area contributed by atoms with Crippen molar-refractivity contribution in [3.05, 3.63) is 30.6 Å². The van der Waals surface area contributed by atoms with Crippen molar-refractivity contribution in [1.82, 2.24) is 14.7 Å². The fourth-order valence-corrected chi connectivity index (χ4v) is 2.44. The minimum Gasteiger partial charge on any atom is -0.301 e. The van der Waals surface area contributed by atoms with Crippen LogP contribution in [0.4, 0.5) is 0 Å². The molecule has 17 heavy (non-hydrogen) atoms. The number of nitrogens with zero attached hydrogens (tertiary/aromatic N) is 3. The molecule has 0 spiro atoms. The number of likely N-dealkylation sites (N-methyl/N-ethyl adjacent to an activating group) is 1. The molecule has 1 unspecified atom stereocenters. The third-order valence-corrected chi connectivity index (χ3v) is 3.55. The Hall–Kier alpha value is -1.09. The van der Waals surface area contributed by atoms with Gasteiger partial charge in [0, 0.05) is 25.5 Å². The number of rotatable bonds is 6. The van der Waals surface area contributed by atoms with Gasteiger partial charge in [-0.15, -0.1) is 0 Å². The average molecular weight is 233 g/mol. The largest absolute Gasteiger partial charge is 0.301 e. The summed E-state index contributed by atoms with van der Waals surface area (Å²) in [7, 11) is 0. The molecule has 3 heteroatoms. The summed E-state index contributed by atoms with van der Waals surface area (Å²) in [6.45, 7) is 6.74. The van der Waals surface area contributed by atoms with E-state index in [1.807, 2.05) is 23.1 Å².